The monoisotopic (exact) mass is 243 g/mol. The number of hydrogen-bond donors (Lipinski definition) is 0. The lowest BCUT2D eigenvalue weighted by atomic mass is 10.3. The molecule has 0 aliphatic carbocycles. The first-order valence-corrected chi connectivity index (χ1v) is 5.42. The Kier molecular flexibility index (Phi) is 4.87. The third kappa shape index (κ3) is 3.41. The average molecular weight is 243 g/mol. The van der Waals surface area contributed by atoms with Gasteiger partial charge in [0, 0.05) is 7.05 Å². The molecule has 17 heavy (non-hydrogen) atoms. The molecular weight excluding hydrogens is 228 g/mol. The molecule has 0 bridgehead atoms. The van der Waals surface area contributed by atoms with Crippen LogP contribution in [0.2, 0.25) is 0 Å². The van der Waals surface area contributed by atoms with Gasteiger partial charge in [-0.15, -0.1) is 0 Å². The molecule has 0 fully saturated rings. The third-order valence-electron chi connectivity index (χ3n) is 2.29. The van der Waals surface area contributed by atoms with Gasteiger partial charge in [-0.05, 0) is 18.6 Å². The van der Waals surface area contributed by atoms with Gasteiger partial charge in [-0.1, -0.05) is 19.4 Å². The zero-order chi connectivity index (χ0) is 12.8. The van der Waals surface area contributed by atoms with Crippen LogP contribution in [0.3, 0.4) is 0 Å². The highest BCUT2D eigenvalue weighted by Crippen LogP contribution is 2.20. The summed E-state index contributed by atoms with van der Waals surface area (Å²) in [6, 6.07) is 3.65. The first-order chi connectivity index (χ1) is 8.07. The summed E-state index contributed by atoms with van der Waals surface area (Å²) in [7, 11) is 1.34. The number of amides is 1. The number of ether oxygens (including phenoxy) is 1. The molecule has 0 aliphatic rings. The Morgan fingerprint density at radius 3 is 2.76 bits per heavy atom. The molecule has 1 rings (SSSR count). The van der Waals surface area contributed by atoms with Crippen molar-refractivity contribution in [2.24, 2.45) is 0 Å². The largest absolute Gasteiger partial charge is 0.449 e. The van der Waals surface area contributed by atoms with Crippen molar-refractivity contribution in [2.75, 3.05) is 18.6 Å². The Morgan fingerprint density at radius 2 is 2.12 bits per heavy atom. The summed E-state index contributed by atoms with van der Waals surface area (Å²) in [5, 5.41) is 0. The van der Waals surface area contributed by atoms with Crippen molar-refractivity contribution >= 4 is 11.8 Å². The summed E-state index contributed by atoms with van der Waals surface area (Å²) in [5.74, 6) is -2.04. The van der Waals surface area contributed by atoms with Gasteiger partial charge in [0.15, 0.2) is 11.6 Å². The molecule has 1 aromatic rings. The van der Waals surface area contributed by atoms with Crippen LogP contribution in [0.1, 0.15) is 19.8 Å². The smallest absolute Gasteiger partial charge is 0.414 e. The summed E-state index contributed by atoms with van der Waals surface area (Å²) >= 11 is 0. The predicted octanol–water partition coefficient (Wildman–Crippen LogP) is 3.34. The van der Waals surface area contributed by atoms with Gasteiger partial charge in [0.2, 0.25) is 0 Å². The number of rotatable bonds is 4. The second-order valence-electron chi connectivity index (χ2n) is 3.60. The normalized spacial score (nSPS) is 10.1. The molecule has 94 valence electrons. The van der Waals surface area contributed by atoms with Crippen LogP contribution in [0.15, 0.2) is 18.2 Å². The van der Waals surface area contributed by atoms with Crippen LogP contribution in [0.5, 0.6) is 0 Å². The quantitative estimate of drug-likeness (QED) is 0.759. The molecule has 0 aliphatic heterocycles. The minimum atomic E-state index is -1.05. The van der Waals surface area contributed by atoms with Gasteiger partial charge in [-0.3, -0.25) is 4.90 Å². The van der Waals surface area contributed by atoms with Crippen molar-refractivity contribution < 1.29 is 18.3 Å². The molecule has 0 saturated carbocycles. The number of anilines is 1. The first kappa shape index (κ1) is 13.4. The van der Waals surface area contributed by atoms with E-state index in [1.165, 1.54) is 19.2 Å². The highest BCUT2D eigenvalue weighted by atomic mass is 19.2. The lowest BCUT2D eigenvalue weighted by Crippen LogP contribution is -2.28. The van der Waals surface area contributed by atoms with E-state index in [0.29, 0.717) is 0 Å². The molecule has 1 aromatic carbocycles. The molecule has 0 atom stereocenters. The van der Waals surface area contributed by atoms with Gasteiger partial charge in [-0.2, -0.15) is 0 Å². The standard InChI is InChI=1S/C12H15F2NO2/c1-3-4-8-17-12(16)15(2)10-7-5-6-9(13)11(10)14/h5-7H,3-4,8H2,1-2H3. The fourth-order valence-corrected chi connectivity index (χ4v) is 1.25. The summed E-state index contributed by atoms with van der Waals surface area (Å²) in [4.78, 5) is 12.4. The van der Waals surface area contributed by atoms with E-state index in [4.69, 9.17) is 4.74 Å². The van der Waals surface area contributed by atoms with Crippen molar-refractivity contribution in [3.8, 4) is 0 Å². The maximum absolute atomic E-state index is 13.4. The van der Waals surface area contributed by atoms with Crippen LogP contribution >= 0.6 is 0 Å². The Bertz CT molecular complexity index is 396. The SMILES string of the molecule is CCCCOC(=O)N(C)c1cccc(F)c1F. The maximum atomic E-state index is 13.4. The molecule has 0 heterocycles. The lowest BCUT2D eigenvalue weighted by Gasteiger charge is -2.17. The lowest BCUT2D eigenvalue weighted by molar-refractivity contribution is 0.153. The molecule has 0 N–H and O–H groups in total. The molecule has 0 unspecified atom stereocenters. The van der Waals surface area contributed by atoms with E-state index < -0.39 is 17.7 Å². The molecule has 0 aromatic heterocycles. The van der Waals surface area contributed by atoms with Gasteiger partial charge in [0.25, 0.3) is 0 Å². The molecule has 1 amide bonds. The van der Waals surface area contributed by atoms with Crippen molar-refractivity contribution in [2.45, 2.75) is 19.8 Å². The van der Waals surface area contributed by atoms with Crippen LogP contribution in [0, 0.1) is 11.6 Å². The number of benzene rings is 1. The minimum Gasteiger partial charge on any atom is -0.449 e. The molecule has 0 spiro atoms. The van der Waals surface area contributed by atoms with Crippen molar-refractivity contribution in [1.82, 2.24) is 0 Å². The topological polar surface area (TPSA) is 29.5 Å². The molecule has 0 saturated heterocycles. The summed E-state index contributed by atoms with van der Waals surface area (Å²) in [6.07, 6.45) is 0.944. The number of carbonyl (C=O) groups is 1. The summed E-state index contributed by atoms with van der Waals surface area (Å²) in [5.41, 5.74) is -0.133. The molecule has 0 radical (unpaired) electrons. The zero-order valence-corrected chi connectivity index (χ0v) is 9.87. The van der Waals surface area contributed by atoms with E-state index in [1.54, 1.807) is 0 Å². The minimum absolute atomic E-state index is 0.133. The van der Waals surface area contributed by atoms with Gasteiger partial charge in [0.1, 0.15) is 0 Å². The van der Waals surface area contributed by atoms with Crippen LogP contribution in [-0.2, 0) is 4.74 Å². The first-order valence-electron chi connectivity index (χ1n) is 5.42. The van der Waals surface area contributed by atoms with Gasteiger partial charge >= 0.3 is 6.09 Å². The van der Waals surface area contributed by atoms with Crippen molar-refractivity contribution in [1.29, 1.82) is 0 Å². The Hall–Kier alpha value is -1.65. The van der Waals surface area contributed by atoms with Gasteiger partial charge in [-0.25, -0.2) is 13.6 Å². The van der Waals surface area contributed by atoms with Gasteiger partial charge < -0.3 is 4.74 Å². The fraction of sp³-hybridized carbons (Fsp3) is 0.417. The Balaban J connectivity index is 2.71. The third-order valence-corrected chi connectivity index (χ3v) is 2.29. The van der Waals surface area contributed by atoms with Crippen molar-refractivity contribution in [3.05, 3.63) is 29.8 Å². The number of hydrogen-bond acceptors (Lipinski definition) is 2. The molecular formula is C12H15F2NO2. The number of carbonyl (C=O) groups excluding carboxylic acids is 1. The highest BCUT2D eigenvalue weighted by Gasteiger charge is 2.17. The highest BCUT2D eigenvalue weighted by molar-refractivity contribution is 5.87. The number of halogens is 2. The zero-order valence-electron chi connectivity index (χ0n) is 9.87. The van der Waals surface area contributed by atoms with E-state index in [2.05, 4.69) is 0 Å². The van der Waals surface area contributed by atoms with Gasteiger partial charge in [0.05, 0.1) is 12.3 Å². The van der Waals surface area contributed by atoms with Crippen molar-refractivity contribution in [3.63, 3.8) is 0 Å². The van der Waals surface area contributed by atoms with Crippen LogP contribution in [0.25, 0.3) is 0 Å². The van der Waals surface area contributed by atoms with E-state index in [-0.39, 0.29) is 12.3 Å². The summed E-state index contributed by atoms with van der Waals surface area (Å²) < 4.78 is 31.2. The Labute approximate surface area is 99.0 Å². The maximum Gasteiger partial charge on any atom is 0.414 e. The average Bonchev–Trinajstić information content (AvgIpc) is 2.32. The van der Waals surface area contributed by atoms with Crippen LogP contribution in [-0.4, -0.2) is 19.7 Å². The van der Waals surface area contributed by atoms with E-state index in [1.807, 2.05) is 6.92 Å². The number of unbranched alkanes of at least 4 members (excludes halogenated alkanes) is 1. The van der Waals surface area contributed by atoms with E-state index in [9.17, 15) is 13.6 Å². The second-order valence-corrected chi connectivity index (χ2v) is 3.60. The Morgan fingerprint density at radius 1 is 1.41 bits per heavy atom. The van der Waals surface area contributed by atoms with Crippen LogP contribution in [0.4, 0.5) is 19.3 Å². The second kappa shape index (κ2) is 6.18. The molecule has 5 heteroatoms. The molecule has 3 nitrogen and oxygen atoms in total. The number of nitrogens with zero attached hydrogens (tertiary/aromatic N) is 1. The fourth-order valence-electron chi connectivity index (χ4n) is 1.25. The van der Waals surface area contributed by atoms with E-state index in [0.717, 1.165) is 23.8 Å². The summed E-state index contributed by atoms with van der Waals surface area (Å²) in [6.45, 7) is 2.24. The predicted molar refractivity (Wildman–Crippen MR) is 61.0 cm³/mol. The van der Waals surface area contributed by atoms with E-state index >= 15 is 0 Å². The van der Waals surface area contributed by atoms with Crippen LogP contribution < -0.4 is 4.90 Å².